The van der Waals surface area contributed by atoms with E-state index in [4.69, 9.17) is 0 Å². The van der Waals surface area contributed by atoms with E-state index >= 15 is 0 Å². The summed E-state index contributed by atoms with van der Waals surface area (Å²) in [5.41, 5.74) is 4.74. The molecular formula is C31H49N3O4. The summed E-state index contributed by atoms with van der Waals surface area (Å²) in [4.78, 5) is 43.0. The minimum atomic E-state index is 0.0648. The highest BCUT2D eigenvalue weighted by Gasteiger charge is 2.14. The summed E-state index contributed by atoms with van der Waals surface area (Å²) >= 11 is 0. The normalized spacial score (nSPS) is 18.6. The van der Waals surface area contributed by atoms with Crippen molar-refractivity contribution in [3.63, 3.8) is 0 Å². The molecule has 0 fully saturated rings. The molecule has 0 aromatic rings. The highest BCUT2D eigenvalue weighted by atomic mass is 16.1. The first-order valence-corrected chi connectivity index (χ1v) is 14.0. The molecule has 3 aliphatic heterocycles. The van der Waals surface area contributed by atoms with E-state index in [1.54, 1.807) is 24.3 Å². The lowest BCUT2D eigenvalue weighted by Crippen LogP contribution is -2.28. The Bertz CT molecular complexity index is 888. The Morgan fingerprint density at radius 2 is 1.00 bits per heavy atom. The van der Waals surface area contributed by atoms with Crippen molar-refractivity contribution in [2.75, 3.05) is 19.6 Å². The van der Waals surface area contributed by atoms with Crippen molar-refractivity contribution in [2.24, 2.45) is 23.7 Å². The molecule has 7 heteroatoms. The van der Waals surface area contributed by atoms with Crippen LogP contribution in [0.5, 0.6) is 0 Å². The maximum Gasteiger partial charge on any atom is 0.243 e. The van der Waals surface area contributed by atoms with Gasteiger partial charge in [0.05, 0.1) is 6.54 Å². The molecule has 7 nitrogen and oxygen atoms in total. The first-order valence-electron chi connectivity index (χ1n) is 14.0. The van der Waals surface area contributed by atoms with Crippen molar-refractivity contribution in [1.29, 1.82) is 0 Å². The molecule has 0 unspecified atom stereocenters. The molecule has 0 aromatic heterocycles. The molecule has 0 radical (unpaired) electrons. The number of amides is 1. The molecular weight excluding hydrogens is 478 g/mol. The molecule has 3 heterocycles. The standard InChI is InChI=1S/2C8H13NO.C8H12O.C7H11NO/c1-6(2)8-5-7(10)3-4-9-8;1-6(2)7-3-4-9-8(10)5-7;1-6(2)7-3-4-8(9)5-7;1-5(2)7-3-6(9)4-8-7/h5-6,9H,3-4H2,1-2H3;5-6H,3-4H2,1-2H3,(H,9,10);5-6H,3-4H2,1-2H3;3,5,8H,4H2,1-2H3. The number of rotatable bonds is 4. The summed E-state index contributed by atoms with van der Waals surface area (Å²) in [5.74, 6) is 2.80. The lowest BCUT2D eigenvalue weighted by Gasteiger charge is -2.17. The van der Waals surface area contributed by atoms with E-state index < -0.39 is 0 Å². The highest BCUT2D eigenvalue weighted by molar-refractivity contribution is 5.94. The van der Waals surface area contributed by atoms with Crippen molar-refractivity contribution in [1.82, 2.24) is 16.0 Å². The van der Waals surface area contributed by atoms with Gasteiger partial charge in [0, 0.05) is 55.6 Å². The van der Waals surface area contributed by atoms with Gasteiger partial charge in [-0.05, 0) is 42.6 Å². The maximum absolute atomic E-state index is 10.9. The average molecular weight is 528 g/mol. The van der Waals surface area contributed by atoms with Crippen LogP contribution in [0.2, 0.25) is 0 Å². The zero-order valence-corrected chi connectivity index (χ0v) is 24.7. The van der Waals surface area contributed by atoms with Crippen LogP contribution in [0, 0.1) is 23.7 Å². The van der Waals surface area contributed by atoms with Gasteiger partial charge in [-0.15, -0.1) is 0 Å². The fourth-order valence-corrected chi connectivity index (χ4v) is 3.98. The smallest absolute Gasteiger partial charge is 0.243 e. The van der Waals surface area contributed by atoms with Crippen molar-refractivity contribution < 1.29 is 19.2 Å². The fraction of sp³-hybridized carbons (Fsp3) is 0.613. The van der Waals surface area contributed by atoms with Gasteiger partial charge in [0.2, 0.25) is 5.91 Å². The van der Waals surface area contributed by atoms with Crippen LogP contribution in [0.4, 0.5) is 0 Å². The quantitative estimate of drug-likeness (QED) is 0.485. The first kappa shape index (κ1) is 33.1. The molecule has 0 saturated carbocycles. The van der Waals surface area contributed by atoms with E-state index in [1.165, 1.54) is 11.1 Å². The van der Waals surface area contributed by atoms with E-state index in [0.717, 1.165) is 43.7 Å². The van der Waals surface area contributed by atoms with Gasteiger partial charge in [0.15, 0.2) is 17.3 Å². The van der Waals surface area contributed by atoms with E-state index in [2.05, 4.69) is 71.3 Å². The molecule has 3 N–H and O–H groups in total. The maximum atomic E-state index is 10.9. The molecule has 1 amide bonds. The summed E-state index contributed by atoms with van der Waals surface area (Å²) in [5, 5.41) is 8.96. The predicted molar refractivity (Wildman–Crippen MR) is 154 cm³/mol. The van der Waals surface area contributed by atoms with Gasteiger partial charge >= 0.3 is 0 Å². The van der Waals surface area contributed by atoms with Crippen LogP contribution in [0.25, 0.3) is 0 Å². The third-order valence-corrected chi connectivity index (χ3v) is 6.56. The zero-order valence-electron chi connectivity index (χ0n) is 24.7. The Labute approximate surface area is 229 Å². The van der Waals surface area contributed by atoms with Gasteiger partial charge in [0.1, 0.15) is 0 Å². The van der Waals surface area contributed by atoms with Crippen LogP contribution in [-0.2, 0) is 19.2 Å². The number of carbonyl (C=O) groups is 4. The Morgan fingerprint density at radius 1 is 0.500 bits per heavy atom. The van der Waals surface area contributed by atoms with Crippen LogP contribution >= 0.6 is 0 Å². The number of carbonyl (C=O) groups excluding carboxylic acids is 4. The van der Waals surface area contributed by atoms with Crippen molar-refractivity contribution in [3.05, 3.63) is 46.8 Å². The molecule has 38 heavy (non-hydrogen) atoms. The number of hydrogen-bond acceptors (Lipinski definition) is 6. The Hall–Kier alpha value is -2.96. The summed E-state index contributed by atoms with van der Waals surface area (Å²) in [6, 6.07) is 0. The van der Waals surface area contributed by atoms with Crippen molar-refractivity contribution in [2.45, 2.75) is 81.1 Å². The highest BCUT2D eigenvalue weighted by Crippen LogP contribution is 2.21. The second-order valence-corrected chi connectivity index (χ2v) is 11.2. The zero-order chi connectivity index (χ0) is 28.8. The second kappa shape index (κ2) is 16.8. The van der Waals surface area contributed by atoms with E-state index in [1.807, 2.05) is 0 Å². The number of nitrogens with one attached hydrogen (secondary N) is 3. The lowest BCUT2D eigenvalue weighted by atomic mass is 9.98. The Morgan fingerprint density at radius 3 is 1.32 bits per heavy atom. The monoisotopic (exact) mass is 527 g/mol. The number of ketones is 3. The van der Waals surface area contributed by atoms with Gasteiger partial charge in [-0.25, -0.2) is 0 Å². The van der Waals surface area contributed by atoms with E-state index in [9.17, 15) is 19.2 Å². The molecule has 0 atom stereocenters. The third kappa shape index (κ3) is 13.0. The summed E-state index contributed by atoms with van der Waals surface area (Å²) < 4.78 is 0. The van der Waals surface area contributed by atoms with E-state index in [-0.39, 0.29) is 17.5 Å². The number of allylic oxidation sites excluding steroid dienone is 5. The summed E-state index contributed by atoms with van der Waals surface area (Å²) in [6.45, 7) is 18.9. The Balaban J connectivity index is 0.000000254. The SMILES string of the molecule is CC(C)C1=CC(=O)CC1.CC(C)C1=CC(=O)CCN1.CC(C)C1=CC(=O)CN1.CC(C)C1=CC(=O)NCC1. The Kier molecular flexibility index (Phi) is 14.6. The second-order valence-electron chi connectivity index (χ2n) is 11.2. The number of hydrogen-bond donors (Lipinski definition) is 3. The topological polar surface area (TPSA) is 104 Å². The predicted octanol–water partition coefficient (Wildman–Crippen LogP) is 4.81. The fourth-order valence-electron chi connectivity index (χ4n) is 3.98. The van der Waals surface area contributed by atoms with Gasteiger partial charge in [-0.2, -0.15) is 0 Å². The average Bonchev–Trinajstić information content (AvgIpc) is 3.49. The molecule has 4 rings (SSSR count). The molecule has 0 aromatic carbocycles. The summed E-state index contributed by atoms with van der Waals surface area (Å²) in [7, 11) is 0. The van der Waals surface area contributed by atoms with Crippen LogP contribution in [0.15, 0.2) is 46.8 Å². The minimum absolute atomic E-state index is 0.0648. The van der Waals surface area contributed by atoms with Crippen LogP contribution in [-0.4, -0.2) is 42.9 Å². The third-order valence-electron chi connectivity index (χ3n) is 6.56. The van der Waals surface area contributed by atoms with Crippen molar-refractivity contribution in [3.8, 4) is 0 Å². The summed E-state index contributed by atoms with van der Waals surface area (Å²) in [6.07, 6.45) is 10.3. The molecule has 0 saturated heterocycles. The van der Waals surface area contributed by atoms with Crippen LogP contribution < -0.4 is 16.0 Å². The van der Waals surface area contributed by atoms with Gasteiger partial charge in [-0.1, -0.05) is 66.5 Å². The first-order chi connectivity index (χ1) is 17.8. The molecule has 4 aliphatic rings. The minimum Gasteiger partial charge on any atom is -0.388 e. The van der Waals surface area contributed by atoms with Crippen molar-refractivity contribution >= 4 is 23.3 Å². The molecule has 1 aliphatic carbocycles. The van der Waals surface area contributed by atoms with Gasteiger partial charge < -0.3 is 16.0 Å². The van der Waals surface area contributed by atoms with Gasteiger partial charge in [-0.3, -0.25) is 19.2 Å². The molecule has 212 valence electrons. The van der Waals surface area contributed by atoms with E-state index in [0.29, 0.717) is 42.4 Å². The van der Waals surface area contributed by atoms with Gasteiger partial charge in [0.25, 0.3) is 0 Å². The van der Waals surface area contributed by atoms with Crippen LogP contribution in [0.1, 0.15) is 81.1 Å². The van der Waals surface area contributed by atoms with Crippen LogP contribution in [0.3, 0.4) is 0 Å². The lowest BCUT2D eigenvalue weighted by molar-refractivity contribution is -0.117. The molecule has 0 spiro atoms. The molecule has 0 bridgehead atoms. The largest absolute Gasteiger partial charge is 0.388 e.